The Morgan fingerprint density at radius 3 is 0.764 bits per heavy atom. The topological polar surface area (TPSA) is 86.4 Å². The molecule has 0 fully saturated rings. The molecule has 3 aromatic heterocycles. The van der Waals surface area contributed by atoms with E-state index in [1.54, 1.807) is 12.1 Å². The Morgan fingerprint density at radius 2 is 0.443 bits per heavy atom. The van der Waals surface area contributed by atoms with Crippen LogP contribution in [0.25, 0.3) is 133 Å². The zero-order valence-corrected chi connectivity index (χ0v) is 60.4. The molecule has 3 heterocycles. The van der Waals surface area contributed by atoms with Crippen molar-refractivity contribution in [2.24, 2.45) is 0 Å². The van der Waals surface area contributed by atoms with E-state index in [4.69, 9.17) is 13.3 Å². The average Bonchev–Trinajstić information content (AvgIpc) is 1.59. The van der Waals surface area contributed by atoms with Crippen molar-refractivity contribution < 1.29 is 23.3 Å². The van der Waals surface area contributed by atoms with Gasteiger partial charge in [0.25, 0.3) is 0 Å². The monoisotopic (exact) mass is 1490 g/mol. The summed E-state index contributed by atoms with van der Waals surface area (Å²) in [5, 5.41) is 24.9. The van der Waals surface area contributed by atoms with E-state index in [0.717, 1.165) is 126 Å². The van der Waals surface area contributed by atoms with Crippen molar-refractivity contribution in [3.8, 4) is 66.8 Å². The number of hydrogen-bond donors (Lipinski definition) is 2. The van der Waals surface area contributed by atoms with Gasteiger partial charge < -0.3 is 33.1 Å². The Balaban J connectivity index is 0.000000141. The van der Waals surface area contributed by atoms with Crippen LogP contribution in [0.3, 0.4) is 0 Å². The molecule has 19 aromatic rings. The lowest BCUT2D eigenvalue weighted by molar-refractivity contribution is 0.425. The molecule has 0 aliphatic heterocycles. The second-order valence-corrected chi connectivity index (χ2v) is 27.8. The number of anilines is 6. The van der Waals surface area contributed by atoms with Crippen LogP contribution in [0.4, 0.5) is 34.1 Å². The Labute approximate surface area is 630 Å². The lowest BCUT2D eigenvalue weighted by atomic mass is 9.79. The fourth-order valence-corrected chi connectivity index (χ4v) is 14.7. The molecular formula is C96H65BBr2N2O5. The standard InChI is InChI=1S/C54H35NO2.C30H21Br2N.C12H9BO3/c1-2-10-36(11-3-1)37-20-22-38(23-21-37)39-24-30-42(31-25-39)55(43-32-26-40(27-33-43)45-14-8-16-49-47-12-4-6-18-51(47)56-53(45)49)44-34-28-41(29-35-44)46-15-9-17-50-48-13-5-7-19-52(48)57-54(46)50;31-26-12-18-29(19-13-26)33(30-20-14-27(32)15-21-30)28-16-10-25(11-17-28)24-8-6-23(7-9-24)22-4-2-1-3-5-22;14-13(15)10-6-3-5-9-8-4-1-2-7-11(8)16-12(9)10/h1-35H;1-21H;1-7,14-15H. The van der Waals surface area contributed by atoms with Crippen molar-refractivity contribution in [2.45, 2.75) is 0 Å². The lowest BCUT2D eigenvalue weighted by Gasteiger charge is -2.26. The van der Waals surface area contributed by atoms with Crippen molar-refractivity contribution in [2.75, 3.05) is 9.80 Å². The summed E-state index contributed by atoms with van der Waals surface area (Å²) in [5.74, 6) is 0. The van der Waals surface area contributed by atoms with Gasteiger partial charge in [0, 0.05) is 92.0 Å². The minimum atomic E-state index is -1.51. The third kappa shape index (κ3) is 13.6. The fourth-order valence-electron chi connectivity index (χ4n) is 14.2. The summed E-state index contributed by atoms with van der Waals surface area (Å²) in [7, 11) is -1.51. The van der Waals surface area contributed by atoms with Crippen LogP contribution in [0, 0.1) is 0 Å². The maximum absolute atomic E-state index is 9.24. The van der Waals surface area contributed by atoms with E-state index in [9.17, 15) is 10.0 Å². The Bertz CT molecular complexity index is 6070. The van der Waals surface area contributed by atoms with Crippen LogP contribution in [0.15, 0.2) is 404 Å². The van der Waals surface area contributed by atoms with Crippen LogP contribution in [-0.2, 0) is 0 Å². The quantitative estimate of drug-likeness (QED) is 0.111. The zero-order valence-electron chi connectivity index (χ0n) is 57.2. The molecule has 0 aliphatic rings. The first-order chi connectivity index (χ1) is 52.2. The van der Waals surface area contributed by atoms with E-state index in [1.807, 2.05) is 60.7 Å². The van der Waals surface area contributed by atoms with Crippen LogP contribution >= 0.6 is 31.9 Å². The molecule has 0 radical (unpaired) electrons. The number of rotatable bonds is 13. The lowest BCUT2D eigenvalue weighted by Crippen LogP contribution is -2.29. The fraction of sp³-hybridized carbons (Fsp3) is 0. The van der Waals surface area contributed by atoms with E-state index >= 15 is 0 Å². The summed E-state index contributed by atoms with van der Waals surface area (Å²) in [4.78, 5) is 4.58. The maximum Gasteiger partial charge on any atom is 0.492 e. The molecule has 0 saturated carbocycles. The molecule has 0 bridgehead atoms. The van der Waals surface area contributed by atoms with Crippen LogP contribution in [-0.4, -0.2) is 17.2 Å². The molecule has 7 nitrogen and oxygen atoms in total. The molecule has 0 amide bonds. The molecular weight excluding hydrogens is 1430 g/mol. The molecule has 0 saturated heterocycles. The molecule has 19 rings (SSSR count). The van der Waals surface area contributed by atoms with Gasteiger partial charge in [-0.2, -0.15) is 0 Å². The summed E-state index contributed by atoms with van der Waals surface area (Å²) in [6.45, 7) is 0. The highest BCUT2D eigenvalue weighted by atomic mass is 79.9. The maximum atomic E-state index is 9.24. The number of para-hydroxylation sites is 6. The van der Waals surface area contributed by atoms with E-state index in [0.29, 0.717) is 11.0 Å². The first-order valence-electron chi connectivity index (χ1n) is 35.1. The number of fused-ring (bicyclic) bond motifs is 9. The van der Waals surface area contributed by atoms with E-state index in [-0.39, 0.29) is 0 Å². The van der Waals surface area contributed by atoms with Crippen molar-refractivity contribution in [1.82, 2.24) is 0 Å². The van der Waals surface area contributed by atoms with Gasteiger partial charge in [-0.3, -0.25) is 0 Å². The molecule has 0 spiro atoms. The molecule has 506 valence electrons. The van der Waals surface area contributed by atoms with Crippen molar-refractivity contribution in [1.29, 1.82) is 0 Å². The second kappa shape index (κ2) is 29.7. The van der Waals surface area contributed by atoms with Crippen LogP contribution in [0.1, 0.15) is 0 Å². The predicted molar refractivity (Wildman–Crippen MR) is 448 cm³/mol. The molecule has 0 aliphatic carbocycles. The zero-order chi connectivity index (χ0) is 71.5. The minimum Gasteiger partial charge on any atom is -0.456 e. The van der Waals surface area contributed by atoms with Gasteiger partial charge in [-0.1, -0.05) is 299 Å². The second-order valence-electron chi connectivity index (χ2n) is 26.0. The van der Waals surface area contributed by atoms with Gasteiger partial charge in [-0.15, -0.1) is 0 Å². The van der Waals surface area contributed by atoms with Gasteiger partial charge in [0.05, 0.1) is 0 Å². The predicted octanol–water partition coefficient (Wildman–Crippen LogP) is 26.9. The van der Waals surface area contributed by atoms with Crippen LogP contribution < -0.4 is 15.3 Å². The number of benzene rings is 16. The Morgan fingerprint density at radius 1 is 0.208 bits per heavy atom. The van der Waals surface area contributed by atoms with E-state index in [2.05, 4.69) is 351 Å². The van der Waals surface area contributed by atoms with Crippen LogP contribution in [0.2, 0.25) is 0 Å². The SMILES string of the molecule is Brc1ccc(N(c2ccc(Br)cc2)c2ccc(-c3ccc(-c4ccccc4)cc3)cc2)cc1.OB(O)c1cccc2c1oc1ccccc12.c1ccc(-c2ccc(-c3ccc(N(c4ccc(-c5cccc6c5oc5ccccc56)cc4)c4ccc(-c5cccc6c5oc5ccccc56)cc4)cc3)cc2)cc1. The number of nitrogens with zero attached hydrogens (tertiary/aromatic N) is 2. The molecule has 16 aromatic carbocycles. The summed E-state index contributed by atoms with van der Waals surface area (Å²) >= 11 is 7.09. The largest absolute Gasteiger partial charge is 0.492 e. The minimum absolute atomic E-state index is 0.397. The van der Waals surface area contributed by atoms with E-state index in [1.165, 1.54) is 44.5 Å². The van der Waals surface area contributed by atoms with Gasteiger partial charge >= 0.3 is 7.12 Å². The molecule has 0 atom stereocenters. The average molecular weight is 1500 g/mol. The Kier molecular flexibility index (Phi) is 18.7. The van der Waals surface area contributed by atoms with Crippen molar-refractivity contribution in [3.05, 3.63) is 391 Å². The third-order valence-electron chi connectivity index (χ3n) is 19.5. The van der Waals surface area contributed by atoms with Crippen molar-refractivity contribution in [3.63, 3.8) is 0 Å². The highest BCUT2D eigenvalue weighted by molar-refractivity contribution is 9.10. The smallest absolute Gasteiger partial charge is 0.456 e. The third-order valence-corrected chi connectivity index (χ3v) is 20.5. The number of hydrogen-bond acceptors (Lipinski definition) is 7. The van der Waals surface area contributed by atoms with Gasteiger partial charge in [-0.05, 0) is 171 Å². The summed E-state index contributed by atoms with van der Waals surface area (Å²) < 4.78 is 20.6. The van der Waals surface area contributed by atoms with Crippen molar-refractivity contribution >= 4 is 144 Å². The molecule has 10 heteroatoms. The highest BCUT2D eigenvalue weighted by Crippen LogP contribution is 2.43. The highest BCUT2D eigenvalue weighted by Gasteiger charge is 2.21. The normalized spacial score (nSPS) is 11.2. The summed E-state index contributed by atoms with van der Waals surface area (Å²) in [5.41, 5.74) is 25.8. The Hall–Kier alpha value is -12.5. The number of halogens is 2. The van der Waals surface area contributed by atoms with Gasteiger partial charge in [-0.25, -0.2) is 0 Å². The first kappa shape index (κ1) is 66.7. The number of furan rings is 3. The molecule has 2 N–H and O–H groups in total. The summed E-state index contributed by atoms with van der Waals surface area (Å²) in [6.07, 6.45) is 0. The van der Waals surface area contributed by atoms with Crippen LogP contribution in [0.5, 0.6) is 0 Å². The van der Waals surface area contributed by atoms with E-state index < -0.39 is 7.12 Å². The van der Waals surface area contributed by atoms with Gasteiger partial charge in [0.15, 0.2) is 0 Å². The summed E-state index contributed by atoms with van der Waals surface area (Å²) in [6, 6.07) is 133. The molecule has 106 heavy (non-hydrogen) atoms. The first-order valence-corrected chi connectivity index (χ1v) is 36.7. The van der Waals surface area contributed by atoms with Gasteiger partial charge in [0.2, 0.25) is 0 Å². The van der Waals surface area contributed by atoms with Gasteiger partial charge in [0.1, 0.15) is 33.5 Å². The molecule has 0 unspecified atom stereocenters.